The molecule has 0 saturated heterocycles. The van der Waals surface area contributed by atoms with E-state index >= 15 is 0 Å². The van der Waals surface area contributed by atoms with Crippen LogP contribution in [0, 0.1) is 5.92 Å². The molecule has 0 unspecified atom stereocenters. The number of carbonyl (C=O) groups excluding carboxylic acids is 1. The zero-order valence-electron chi connectivity index (χ0n) is 8.26. The van der Waals surface area contributed by atoms with Gasteiger partial charge in [0.05, 0.1) is 0 Å². The average Bonchev–Trinajstić information content (AvgIpc) is 2.18. The molecule has 0 atom stereocenters. The second kappa shape index (κ2) is 5.48. The molecule has 1 fully saturated rings. The van der Waals surface area contributed by atoms with Gasteiger partial charge in [0.25, 0.3) is 0 Å². The van der Waals surface area contributed by atoms with Crippen LogP contribution in [0.15, 0.2) is 0 Å². The lowest BCUT2D eigenvalue weighted by Gasteiger charge is -2.26. The van der Waals surface area contributed by atoms with Gasteiger partial charge in [0, 0.05) is 13.6 Å². The van der Waals surface area contributed by atoms with E-state index in [1.165, 1.54) is 32.1 Å². The van der Waals surface area contributed by atoms with Crippen LogP contribution in [0.2, 0.25) is 0 Å². The zero-order valence-corrected chi connectivity index (χ0v) is 9.02. The van der Waals surface area contributed by atoms with Gasteiger partial charge in [-0.1, -0.05) is 19.3 Å². The third-order valence-electron chi connectivity index (χ3n) is 2.80. The van der Waals surface area contributed by atoms with Crippen molar-refractivity contribution >= 4 is 17.5 Å². The van der Waals surface area contributed by atoms with Gasteiger partial charge in [0.1, 0.15) is 5.88 Å². The van der Waals surface area contributed by atoms with Crippen LogP contribution in [0.3, 0.4) is 0 Å². The summed E-state index contributed by atoms with van der Waals surface area (Å²) in [5.41, 5.74) is 0. The number of hydrogen-bond acceptors (Lipinski definition) is 1. The first-order chi connectivity index (χ1) is 6.24. The monoisotopic (exact) mass is 203 g/mol. The fraction of sp³-hybridized carbons (Fsp3) is 0.900. The van der Waals surface area contributed by atoms with Crippen LogP contribution >= 0.6 is 11.6 Å². The summed E-state index contributed by atoms with van der Waals surface area (Å²) in [6.45, 7) is 0.894. The Morgan fingerprint density at radius 2 is 2.00 bits per heavy atom. The largest absolute Gasteiger partial charge is 0.344 e. The lowest BCUT2D eigenvalue weighted by atomic mass is 9.89. The molecule has 0 aliphatic heterocycles. The van der Waals surface area contributed by atoms with Gasteiger partial charge in [0.2, 0.25) is 5.91 Å². The highest BCUT2D eigenvalue weighted by Gasteiger charge is 2.17. The van der Waals surface area contributed by atoms with Crippen molar-refractivity contribution in [3.8, 4) is 0 Å². The van der Waals surface area contributed by atoms with Crippen molar-refractivity contribution < 1.29 is 4.79 Å². The Balaban J connectivity index is 2.25. The number of nitrogens with zero attached hydrogens (tertiary/aromatic N) is 1. The van der Waals surface area contributed by atoms with Crippen molar-refractivity contribution in [3.63, 3.8) is 0 Å². The van der Waals surface area contributed by atoms with E-state index in [4.69, 9.17) is 11.6 Å². The Labute approximate surface area is 85.2 Å². The summed E-state index contributed by atoms with van der Waals surface area (Å²) in [4.78, 5) is 12.9. The quantitative estimate of drug-likeness (QED) is 0.645. The lowest BCUT2D eigenvalue weighted by Crippen LogP contribution is -2.33. The zero-order chi connectivity index (χ0) is 9.68. The molecule has 1 amide bonds. The highest BCUT2D eigenvalue weighted by atomic mass is 35.5. The van der Waals surface area contributed by atoms with Crippen molar-refractivity contribution in [1.82, 2.24) is 4.90 Å². The van der Waals surface area contributed by atoms with Gasteiger partial charge >= 0.3 is 0 Å². The molecule has 0 aromatic carbocycles. The second-order valence-electron chi connectivity index (χ2n) is 3.91. The van der Waals surface area contributed by atoms with Gasteiger partial charge in [-0.25, -0.2) is 0 Å². The van der Waals surface area contributed by atoms with Gasteiger partial charge in [0.15, 0.2) is 0 Å². The predicted octanol–water partition coefficient (Wildman–Crippen LogP) is 2.26. The van der Waals surface area contributed by atoms with Crippen LogP contribution in [0.25, 0.3) is 0 Å². The van der Waals surface area contributed by atoms with Crippen LogP contribution in [0.5, 0.6) is 0 Å². The molecule has 2 nitrogen and oxygen atoms in total. The first-order valence-corrected chi connectivity index (χ1v) is 5.57. The molecule has 76 valence electrons. The molecular formula is C10H18ClNO. The van der Waals surface area contributed by atoms with Crippen molar-refractivity contribution in [2.75, 3.05) is 19.5 Å². The van der Waals surface area contributed by atoms with E-state index in [1.54, 1.807) is 4.90 Å². The summed E-state index contributed by atoms with van der Waals surface area (Å²) in [6.07, 6.45) is 6.57. The number of hydrogen-bond donors (Lipinski definition) is 0. The molecule has 0 bridgehead atoms. The van der Waals surface area contributed by atoms with E-state index < -0.39 is 0 Å². The standard InChI is InChI=1S/C10H18ClNO/c1-12(10(13)7-11)8-9-5-3-2-4-6-9/h9H,2-8H2,1H3. The summed E-state index contributed by atoms with van der Waals surface area (Å²) >= 11 is 5.47. The molecule has 0 aromatic rings. The lowest BCUT2D eigenvalue weighted by molar-refractivity contribution is -0.127. The van der Waals surface area contributed by atoms with Crippen LogP contribution < -0.4 is 0 Å². The maximum atomic E-state index is 11.2. The second-order valence-corrected chi connectivity index (χ2v) is 4.18. The van der Waals surface area contributed by atoms with Gasteiger partial charge in [-0.3, -0.25) is 4.79 Å². The molecule has 0 spiro atoms. The molecule has 1 aliphatic carbocycles. The molecule has 0 radical (unpaired) electrons. The van der Waals surface area contributed by atoms with E-state index in [0.717, 1.165) is 6.54 Å². The SMILES string of the molecule is CN(CC1CCCCC1)C(=O)CCl. The Kier molecular flexibility index (Phi) is 4.57. The highest BCUT2D eigenvalue weighted by molar-refractivity contribution is 6.27. The summed E-state index contributed by atoms with van der Waals surface area (Å²) < 4.78 is 0. The number of alkyl halides is 1. The summed E-state index contributed by atoms with van der Waals surface area (Å²) in [6, 6.07) is 0. The van der Waals surface area contributed by atoms with E-state index in [-0.39, 0.29) is 11.8 Å². The predicted molar refractivity (Wildman–Crippen MR) is 54.9 cm³/mol. The third-order valence-corrected chi connectivity index (χ3v) is 3.03. The average molecular weight is 204 g/mol. The maximum absolute atomic E-state index is 11.2. The molecule has 0 N–H and O–H groups in total. The van der Waals surface area contributed by atoms with Crippen LogP contribution in [-0.4, -0.2) is 30.3 Å². The smallest absolute Gasteiger partial charge is 0.237 e. The van der Waals surface area contributed by atoms with Crippen LogP contribution in [0.4, 0.5) is 0 Å². The third kappa shape index (κ3) is 3.55. The minimum absolute atomic E-state index is 0.0484. The topological polar surface area (TPSA) is 20.3 Å². The fourth-order valence-corrected chi connectivity index (χ4v) is 2.16. The van der Waals surface area contributed by atoms with Crippen molar-refractivity contribution in [2.45, 2.75) is 32.1 Å². The van der Waals surface area contributed by atoms with E-state index in [0.29, 0.717) is 5.92 Å². The van der Waals surface area contributed by atoms with Crippen LogP contribution in [-0.2, 0) is 4.79 Å². The fourth-order valence-electron chi connectivity index (χ4n) is 1.96. The Hall–Kier alpha value is -0.240. The van der Waals surface area contributed by atoms with E-state index in [9.17, 15) is 4.79 Å². The van der Waals surface area contributed by atoms with Gasteiger partial charge < -0.3 is 4.90 Å². The minimum Gasteiger partial charge on any atom is -0.344 e. The Morgan fingerprint density at radius 1 is 1.38 bits per heavy atom. The first kappa shape index (κ1) is 10.8. The summed E-state index contributed by atoms with van der Waals surface area (Å²) in [5.74, 6) is 0.876. The molecule has 1 aliphatic rings. The van der Waals surface area contributed by atoms with E-state index in [2.05, 4.69) is 0 Å². The molecule has 1 saturated carbocycles. The number of halogens is 1. The van der Waals surface area contributed by atoms with Gasteiger partial charge in [-0.05, 0) is 18.8 Å². The first-order valence-electron chi connectivity index (χ1n) is 5.04. The van der Waals surface area contributed by atoms with Gasteiger partial charge in [-0.15, -0.1) is 11.6 Å². The molecular weight excluding hydrogens is 186 g/mol. The molecule has 0 heterocycles. The number of rotatable bonds is 3. The van der Waals surface area contributed by atoms with Gasteiger partial charge in [-0.2, -0.15) is 0 Å². The maximum Gasteiger partial charge on any atom is 0.237 e. The summed E-state index contributed by atoms with van der Waals surface area (Å²) in [7, 11) is 1.85. The summed E-state index contributed by atoms with van der Waals surface area (Å²) in [5, 5.41) is 0. The van der Waals surface area contributed by atoms with Crippen molar-refractivity contribution in [1.29, 1.82) is 0 Å². The molecule has 13 heavy (non-hydrogen) atoms. The Bertz CT molecular complexity index is 166. The molecule has 1 rings (SSSR count). The number of carbonyl (C=O) groups is 1. The highest BCUT2D eigenvalue weighted by Crippen LogP contribution is 2.24. The minimum atomic E-state index is 0.0484. The van der Waals surface area contributed by atoms with Crippen molar-refractivity contribution in [3.05, 3.63) is 0 Å². The molecule has 3 heteroatoms. The molecule has 0 aromatic heterocycles. The Morgan fingerprint density at radius 3 is 2.54 bits per heavy atom. The van der Waals surface area contributed by atoms with Crippen molar-refractivity contribution in [2.24, 2.45) is 5.92 Å². The van der Waals surface area contributed by atoms with E-state index in [1.807, 2.05) is 7.05 Å². The number of amides is 1. The van der Waals surface area contributed by atoms with Crippen LogP contribution in [0.1, 0.15) is 32.1 Å². The normalized spacial score (nSPS) is 18.6.